The van der Waals surface area contributed by atoms with Gasteiger partial charge in [-0.3, -0.25) is 4.79 Å². The molecule has 0 aliphatic carbocycles. The Bertz CT molecular complexity index is 366. The molecule has 0 radical (unpaired) electrons. The number of hydrogen-bond acceptors (Lipinski definition) is 4. The van der Waals surface area contributed by atoms with E-state index in [-0.39, 0.29) is 12.5 Å². The Balaban J connectivity index is 2.13. The average Bonchev–Trinajstić information content (AvgIpc) is 2.81. The van der Waals surface area contributed by atoms with Gasteiger partial charge in [0.25, 0.3) is 0 Å². The van der Waals surface area contributed by atoms with Crippen LogP contribution in [0.25, 0.3) is 0 Å². The van der Waals surface area contributed by atoms with E-state index >= 15 is 0 Å². The smallest absolute Gasteiger partial charge is 0.303 e. The highest BCUT2D eigenvalue weighted by atomic mass is 32.1. The molecule has 1 rings (SSSR count). The summed E-state index contributed by atoms with van der Waals surface area (Å²) in [7, 11) is 0. The maximum Gasteiger partial charge on any atom is 0.303 e. The first-order valence-corrected chi connectivity index (χ1v) is 7.35. The maximum absolute atomic E-state index is 10.3. The van der Waals surface area contributed by atoms with E-state index in [1.54, 1.807) is 11.3 Å². The van der Waals surface area contributed by atoms with E-state index in [0.29, 0.717) is 0 Å². The predicted molar refractivity (Wildman–Crippen MR) is 74.0 cm³/mol. The highest BCUT2D eigenvalue weighted by molar-refractivity contribution is 7.11. The van der Waals surface area contributed by atoms with Crippen molar-refractivity contribution in [1.29, 1.82) is 0 Å². The topological polar surface area (TPSA) is 62.2 Å². The molecule has 2 N–H and O–H groups in total. The minimum absolute atomic E-state index is 0.280. The first kappa shape index (κ1) is 15.1. The van der Waals surface area contributed by atoms with Gasteiger partial charge in [-0.15, -0.1) is 11.3 Å². The zero-order valence-corrected chi connectivity index (χ0v) is 11.9. The van der Waals surface area contributed by atoms with E-state index in [1.807, 2.05) is 6.20 Å². The molecule has 1 atom stereocenters. The van der Waals surface area contributed by atoms with Crippen LogP contribution in [0.1, 0.15) is 55.5 Å². The fourth-order valence-corrected chi connectivity index (χ4v) is 2.55. The van der Waals surface area contributed by atoms with E-state index in [2.05, 4.69) is 24.1 Å². The molecule has 5 heteroatoms. The lowest BCUT2D eigenvalue weighted by atomic mass is 10.2. The van der Waals surface area contributed by atoms with Gasteiger partial charge in [0, 0.05) is 17.5 Å². The summed E-state index contributed by atoms with van der Waals surface area (Å²) < 4.78 is 0. The van der Waals surface area contributed by atoms with Gasteiger partial charge in [-0.1, -0.05) is 13.3 Å². The van der Waals surface area contributed by atoms with Gasteiger partial charge >= 0.3 is 5.97 Å². The van der Waals surface area contributed by atoms with E-state index in [4.69, 9.17) is 5.11 Å². The molecule has 0 fully saturated rings. The van der Waals surface area contributed by atoms with Crippen LogP contribution >= 0.6 is 11.3 Å². The largest absolute Gasteiger partial charge is 0.481 e. The molecule has 0 aliphatic heterocycles. The quantitative estimate of drug-likeness (QED) is 0.677. The van der Waals surface area contributed by atoms with Gasteiger partial charge in [0.2, 0.25) is 0 Å². The van der Waals surface area contributed by atoms with Crippen LogP contribution in [0.2, 0.25) is 0 Å². The monoisotopic (exact) mass is 270 g/mol. The second kappa shape index (κ2) is 8.21. The first-order chi connectivity index (χ1) is 8.63. The van der Waals surface area contributed by atoms with Crippen LogP contribution in [0.4, 0.5) is 0 Å². The predicted octanol–water partition coefficient (Wildman–Crippen LogP) is 3.00. The number of thiazole rings is 1. The number of hydrogen-bond donors (Lipinski definition) is 2. The summed E-state index contributed by atoms with van der Waals surface area (Å²) in [6.07, 6.45) is 6.02. The number of nitrogens with one attached hydrogen (secondary N) is 1. The molecule has 0 aliphatic rings. The summed E-state index contributed by atoms with van der Waals surface area (Å²) in [5.41, 5.74) is 0. The van der Waals surface area contributed by atoms with E-state index in [0.717, 1.165) is 37.2 Å². The summed E-state index contributed by atoms with van der Waals surface area (Å²) in [5, 5.41) is 13.1. The molecule has 0 aromatic carbocycles. The molecule has 0 amide bonds. The van der Waals surface area contributed by atoms with Crippen LogP contribution in [-0.2, 0) is 11.2 Å². The summed E-state index contributed by atoms with van der Waals surface area (Å²) in [6.45, 7) is 5.18. The van der Waals surface area contributed by atoms with E-state index in [1.165, 1.54) is 4.88 Å². The highest BCUT2D eigenvalue weighted by Gasteiger charge is 2.08. The minimum Gasteiger partial charge on any atom is -0.481 e. The average molecular weight is 270 g/mol. The Morgan fingerprint density at radius 2 is 2.28 bits per heavy atom. The molecule has 1 aromatic heterocycles. The highest BCUT2D eigenvalue weighted by Crippen LogP contribution is 2.20. The van der Waals surface area contributed by atoms with E-state index < -0.39 is 5.97 Å². The Kier molecular flexibility index (Phi) is 6.90. The number of aromatic nitrogens is 1. The number of aliphatic carboxylic acids is 1. The molecule has 4 nitrogen and oxygen atoms in total. The fourth-order valence-electron chi connectivity index (χ4n) is 1.67. The van der Waals surface area contributed by atoms with Crippen LogP contribution in [0, 0.1) is 0 Å². The Labute approximate surface area is 112 Å². The molecule has 0 saturated carbocycles. The standard InChI is InChI=1S/C13H22N2O2S/c1-3-11-9-15-13(18-11)10(2)14-8-6-4-5-7-12(16)17/h9-10,14H,3-8H2,1-2H3,(H,16,17). The number of rotatable bonds is 9. The maximum atomic E-state index is 10.3. The molecule has 1 unspecified atom stereocenters. The van der Waals surface area contributed by atoms with Crippen molar-refractivity contribution in [3.8, 4) is 0 Å². The first-order valence-electron chi connectivity index (χ1n) is 6.53. The molecule has 102 valence electrons. The van der Waals surface area contributed by atoms with E-state index in [9.17, 15) is 4.79 Å². The third-order valence-electron chi connectivity index (χ3n) is 2.81. The fraction of sp³-hybridized carbons (Fsp3) is 0.692. The number of carboxylic acids is 1. The third kappa shape index (κ3) is 5.60. The molecule has 1 aromatic rings. The summed E-state index contributed by atoms with van der Waals surface area (Å²) in [6, 6.07) is 0.287. The summed E-state index contributed by atoms with van der Waals surface area (Å²) in [4.78, 5) is 16.1. The zero-order valence-electron chi connectivity index (χ0n) is 11.1. The van der Waals surface area contributed by atoms with Gasteiger partial charge in [-0.2, -0.15) is 0 Å². The van der Waals surface area contributed by atoms with Crippen LogP contribution in [0.5, 0.6) is 0 Å². The lowest BCUT2D eigenvalue weighted by Crippen LogP contribution is -2.19. The van der Waals surface area contributed by atoms with Gasteiger partial charge in [0.1, 0.15) is 5.01 Å². The van der Waals surface area contributed by atoms with Gasteiger partial charge < -0.3 is 10.4 Å². The lowest BCUT2D eigenvalue weighted by molar-refractivity contribution is -0.137. The van der Waals surface area contributed by atoms with Crippen molar-refractivity contribution < 1.29 is 9.90 Å². The van der Waals surface area contributed by atoms with Crippen molar-refractivity contribution in [1.82, 2.24) is 10.3 Å². The van der Waals surface area contributed by atoms with Gasteiger partial charge in [0.15, 0.2) is 0 Å². The molecule has 0 spiro atoms. The molecule has 1 heterocycles. The van der Waals surface area contributed by atoms with Crippen LogP contribution in [0.15, 0.2) is 6.20 Å². The Morgan fingerprint density at radius 1 is 1.50 bits per heavy atom. The van der Waals surface area contributed by atoms with Gasteiger partial charge in [-0.05, 0) is 32.7 Å². The number of nitrogens with zero attached hydrogens (tertiary/aromatic N) is 1. The number of aryl methyl sites for hydroxylation is 1. The molecular weight excluding hydrogens is 248 g/mol. The molecular formula is C13H22N2O2S. The molecule has 18 heavy (non-hydrogen) atoms. The van der Waals surface area contributed by atoms with Gasteiger partial charge in [0.05, 0.1) is 6.04 Å². The minimum atomic E-state index is -0.703. The van der Waals surface area contributed by atoms with Crippen molar-refractivity contribution >= 4 is 17.3 Å². The number of unbranched alkanes of at least 4 members (excludes halogenated alkanes) is 2. The lowest BCUT2D eigenvalue weighted by Gasteiger charge is -2.10. The Hall–Kier alpha value is -0.940. The second-order valence-corrected chi connectivity index (χ2v) is 5.55. The van der Waals surface area contributed by atoms with Crippen LogP contribution in [-0.4, -0.2) is 22.6 Å². The van der Waals surface area contributed by atoms with Crippen molar-refractivity contribution in [3.63, 3.8) is 0 Å². The van der Waals surface area contributed by atoms with Crippen molar-refractivity contribution in [2.75, 3.05) is 6.54 Å². The van der Waals surface area contributed by atoms with Gasteiger partial charge in [-0.25, -0.2) is 4.98 Å². The van der Waals surface area contributed by atoms with Crippen molar-refractivity contribution in [3.05, 3.63) is 16.1 Å². The van der Waals surface area contributed by atoms with Crippen molar-refractivity contribution in [2.24, 2.45) is 0 Å². The summed E-state index contributed by atoms with van der Waals surface area (Å²) >= 11 is 1.76. The third-order valence-corrected chi connectivity index (χ3v) is 4.13. The van der Waals surface area contributed by atoms with Crippen LogP contribution in [0.3, 0.4) is 0 Å². The number of carboxylic acid groups (broad SMARTS) is 1. The Morgan fingerprint density at radius 3 is 2.89 bits per heavy atom. The normalized spacial score (nSPS) is 12.6. The zero-order chi connectivity index (χ0) is 13.4. The van der Waals surface area contributed by atoms with Crippen molar-refractivity contribution in [2.45, 2.75) is 52.0 Å². The number of carbonyl (C=O) groups is 1. The SMILES string of the molecule is CCc1cnc(C(C)NCCCCCC(=O)O)s1. The van der Waals surface area contributed by atoms with Crippen LogP contribution < -0.4 is 5.32 Å². The summed E-state index contributed by atoms with van der Waals surface area (Å²) in [5.74, 6) is -0.703. The molecule has 0 bridgehead atoms. The molecule has 0 saturated heterocycles. The second-order valence-electron chi connectivity index (χ2n) is 4.40.